The Bertz CT molecular complexity index is 1060. The van der Waals surface area contributed by atoms with Crippen LogP contribution < -0.4 is 10.6 Å². The van der Waals surface area contributed by atoms with E-state index in [1.54, 1.807) is 29.2 Å². The van der Waals surface area contributed by atoms with Crippen LogP contribution in [0, 0.1) is 12.7 Å². The van der Waals surface area contributed by atoms with Crippen molar-refractivity contribution < 1.29 is 14.0 Å². The molecule has 0 radical (unpaired) electrons. The summed E-state index contributed by atoms with van der Waals surface area (Å²) in [6.45, 7) is 4.42. The van der Waals surface area contributed by atoms with Gasteiger partial charge in [-0.15, -0.1) is 11.3 Å². The first kappa shape index (κ1) is 23.9. The molecule has 1 aromatic heterocycles. The van der Waals surface area contributed by atoms with Gasteiger partial charge in [0.1, 0.15) is 5.82 Å². The molecule has 1 atom stereocenters. The first-order valence-corrected chi connectivity index (χ1v) is 11.5. The van der Waals surface area contributed by atoms with Gasteiger partial charge in [-0.2, -0.15) is 0 Å². The van der Waals surface area contributed by atoms with Crippen molar-refractivity contribution in [3.8, 4) is 0 Å². The van der Waals surface area contributed by atoms with Gasteiger partial charge in [0.15, 0.2) is 0 Å². The highest BCUT2D eigenvalue weighted by Gasteiger charge is 2.20. The summed E-state index contributed by atoms with van der Waals surface area (Å²) in [7, 11) is 0. The van der Waals surface area contributed by atoms with E-state index in [-0.39, 0.29) is 36.8 Å². The Balaban J connectivity index is 1.63. The third-order valence-corrected chi connectivity index (χ3v) is 6.16. The summed E-state index contributed by atoms with van der Waals surface area (Å²) in [6, 6.07) is 14.8. The van der Waals surface area contributed by atoms with E-state index in [2.05, 4.69) is 10.6 Å². The minimum absolute atomic E-state index is 0.0571. The van der Waals surface area contributed by atoms with Crippen LogP contribution in [0.3, 0.4) is 0 Å². The van der Waals surface area contributed by atoms with E-state index in [1.807, 2.05) is 37.4 Å². The number of rotatable bonds is 9. The minimum atomic E-state index is -0.384. The maximum atomic E-state index is 13.4. The van der Waals surface area contributed by atoms with Crippen molar-refractivity contribution >= 4 is 40.4 Å². The zero-order chi connectivity index (χ0) is 23.1. The normalized spacial score (nSPS) is 11.9. The van der Waals surface area contributed by atoms with Crippen molar-refractivity contribution in [2.45, 2.75) is 19.9 Å². The fraction of sp³-hybridized carbons (Fsp3) is 0.250. The molecule has 0 bridgehead atoms. The number of anilines is 1. The van der Waals surface area contributed by atoms with Gasteiger partial charge in [0.2, 0.25) is 11.8 Å². The second-order valence-electron chi connectivity index (χ2n) is 7.38. The van der Waals surface area contributed by atoms with Crippen molar-refractivity contribution in [2.24, 2.45) is 0 Å². The molecular formula is C24H25ClFN3O2S. The number of hydrogen-bond donors (Lipinski definition) is 2. The van der Waals surface area contributed by atoms with Gasteiger partial charge >= 0.3 is 0 Å². The minimum Gasteiger partial charge on any atom is -0.343 e. The van der Waals surface area contributed by atoms with Crippen LogP contribution >= 0.6 is 22.9 Å². The van der Waals surface area contributed by atoms with Gasteiger partial charge < -0.3 is 10.6 Å². The van der Waals surface area contributed by atoms with Crippen LogP contribution in [0.4, 0.5) is 10.1 Å². The lowest BCUT2D eigenvalue weighted by molar-refractivity contribution is -0.123. The lowest BCUT2D eigenvalue weighted by Crippen LogP contribution is -2.42. The number of carbonyl (C=O) groups excluding carboxylic acids is 2. The molecule has 5 nitrogen and oxygen atoms in total. The molecule has 0 saturated carbocycles. The molecule has 3 rings (SSSR count). The molecule has 0 saturated heterocycles. The van der Waals surface area contributed by atoms with Gasteiger partial charge in [0.25, 0.3) is 0 Å². The molecule has 1 heterocycles. The summed E-state index contributed by atoms with van der Waals surface area (Å²) in [4.78, 5) is 28.1. The van der Waals surface area contributed by atoms with Gasteiger partial charge in [-0.3, -0.25) is 14.5 Å². The lowest BCUT2D eigenvalue weighted by atomic mass is 10.1. The molecule has 0 aliphatic carbocycles. The van der Waals surface area contributed by atoms with E-state index >= 15 is 0 Å². The van der Waals surface area contributed by atoms with Crippen LogP contribution in [0.5, 0.6) is 0 Å². The van der Waals surface area contributed by atoms with Gasteiger partial charge in [-0.25, -0.2) is 4.39 Å². The van der Waals surface area contributed by atoms with Gasteiger partial charge in [0.05, 0.1) is 19.1 Å². The average Bonchev–Trinajstić information content (AvgIpc) is 3.29. The Morgan fingerprint density at radius 1 is 1.09 bits per heavy atom. The molecule has 32 heavy (non-hydrogen) atoms. The number of carbonyl (C=O) groups is 2. The van der Waals surface area contributed by atoms with E-state index in [0.29, 0.717) is 17.3 Å². The Kier molecular flexibility index (Phi) is 8.39. The highest BCUT2D eigenvalue weighted by atomic mass is 35.5. The second kappa shape index (κ2) is 11.2. The summed E-state index contributed by atoms with van der Waals surface area (Å²) in [5, 5.41) is 8.34. The molecule has 8 heteroatoms. The SMILES string of the molecule is CCN(CC(=O)Nc1cc(Cl)ccc1C)CC(=O)NC(c1ccc(F)cc1)c1cccs1. The van der Waals surface area contributed by atoms with Crippen LogP contribution in [0.2, 0.25) is 5.02 Å². The number of nitrogens with zero attached hydrogens (tertiary/aromatic N) is 1. The third kappa shape index (κ3) is 6.63. The first-order chi connectivity index (χ1) is 15.4. The van der Waals surface area contributed by atoms with Crippen molar-refractivity contribution in [2.75, 3.05) is 25.0 Å². The molecule has 2 N–H and O–H groups in total. The highest BCUT2D eigenvalue weighted by Crippen LogP contribution is 2.26. The summed E-state index contributed by atoms with van der Waals surface area (Å²) in [6.07, 6.45) is 0. The van der Waals surface area contributed by atoms with Gasteiger partial charge in [-0.1, -0.05) is 42.8 Å². The standard InChI is InChI=1S/C24H25ClFN3O2S/c1-3-29(14-22(30)27-20-13-18(25)9-6-16(20)2)15-23(31)28-24(21-5-4-12-32-21)17-7-10-19(26)11-8-17/h4-13,24H,3,14-15H2,1-2H3,(H,27,30)(H,28,31). The van der Waals surface area contributed by atoms with E-state index in [0.717, 1.165) is 16.0 Å². The summed E-state index contributed by atoms with van der Waals surface area (Å²) < 4.78 is 13.4. The Morgan fingerprint density at radius 2 is 1.81 bits per heavy atom. The van der Waals surface area contributed by atoms with Crippen LogP contribution in [-0.2, 0) is 9.59 Å². The van der Waals surface area contributed by atoms with Crippen LogP contribution in [0.25, 0.3) is 0 Å². The molecule has 0 fully saturated rings. The highest BCUT2D eigenvalue weighted by molar-refractivity contribution is 7.10. The molecule has 3 aromatic rings. The quantitative estimate of drug-likeness (QED) is 0.459. The number of benzene rings is 2. The van der Waals surface area contributed by atoms with Crippen LogP contribution in [0.1, 0.15) is 29.0 Å². The average molecular weight is 474 g/mol. The number of nitrogens with one attached hydrogen (secondary N) is 2. The largest absolute Gasteiger partial charge is 0.343 e. The molecule has 0 aliphatic rings. The fourth-order valence-electron chi connectivity index (χ4n) is 3.24. The van der Waals surface area contributed by atoms with Crippen molar-refractivity contribution in [1.82, 2.24) is 10.2 Å². The van der Waals surface area contributed by atoms with Crippen LogP contribution in [-0.4, -0.2) is 36.3 Å². The van der Waals surface area contributed by atoms with Crippen molar-refractivity contribution in [1.29, 1.82) is 0 Å². The van der Waals surface area contributed by atoms with Crippen LogP contribution in [0.15, 0.2) is 60.0 Å². The topological polar surface area (TPSA) is 61.4 Å². The lowest BCUT2D eigenvalue weighted by Gasteiger charge is -2.23. The molecule has 2 aromatic carbocycles. The molecule has 168 valence electrons. The Hall–Kier alpha value is -2.74. The third-order valence-electron chi connectivity index (χ3n) is 4.99. The van der Waals surface area contributed by atoms with Gasteiger partial charge in [-0.05, 0) is 60.3 Å². The number of thiophene rings is 1. The fourth-order valence-corrected chi connectivity index (χ4v) is 4.22. The number of halogens is 2. The second-order valence-corrected chi connectivity index (χ2v) is 8.79. The van der Waals surface area contributed by atoms with Crippen molar-refractivity contribution in [3.63, 3.8) is 0 Å². The predicted molar refractivity (Wildman–Crippen MR) is 128 cm³/mol. The van der Waals surface area contributed by atoms with E-state index in [4.69, 9.17) is 11.6 Å². The maximum Gasteiger partial charge on any atom is 0.238 e. The molecule has 0 aliphatic heterocycles. The molecule has 1 unspecified atom stereocenters. The zero-order valence-corrected chi connectivity index (χ0v) is 19.5. The van der Waals surface area contributed by atoms with Gasteiger partial charge in [0, 0.05) is 15.6 Å². The zero-order valence-electron chi connectivity index (χ0n) is 17.9. The maximum absolute atomic E-state index is 13.4. The monoisotopic (exact) mass is 473 g/mol. The smallest absolute Gasteiger partial charge is 0.238 e. The number of likely N-dealkylation sites (N-methyl/N-ethyl adjacent to an activating group) is 1. The van der Waals surface area contributed by atoms with E-state index in [9.17, 15) is 14.0 Å². The number of amides is 2. The first-order valence-electron chi connectivity index (χ1n) is 10.2. The molecule has 2 amide bonds. The Labute approximate surface area is 196 Å². The summed E-state index contributed by atoms with van der Waals surface area (Å²) in [5.41, 5.74) is 2.35. The summed E-state index contributed by atoms with van der Waals surface area (Å²) in [5.74, 6) is -0.775. The number of aryl methyl sites for hydroxylation is 1. The van der Waals surface area contributed by atoms with E-state index < -0.39 is 0 Å². The van der Waals surface area contributed by atoms with E-state index in [1.165, 1.54) is 23.5 Å². The predicted octanol–water partition coefficient (Wildman–Crippen LogP) is 5.02. The number of hydrogen-bond acceptors (Lipinski definition) is 4. The Morgan fingerprint density at radius 3 is 2.47 bits per heavy atom. The van der Waals surface area contributed by atoms with Crippen molar-refractivity contribution in [3.05, 3.63) is 86.8 Å². The molecular weight excluding hydrogens is 449 g/mol. The summed E-state index contributed by atoms with van der Waals surface area (Å²) >= 11 is 7.53. The molecule has 0 spiro atoms.